The van der Waals surface area contributed by atoms with Crippen LogP contribution in [0.25, 0.3) is 11.0 Å². The number of aliphatic hydroxyl groups excluding tert-OH is 3. The fourth-order valence-electron chi connectivity index (χ4n) is 2.96. The summed E-state index contributed by atoms with van der Waals surface area (Å²) in [6, 6.07) is 9.27. The molecule has 7 nitrogen and oxygen atoms in total. The molecule has 26 heavy (non-hydrogen) atoms. The molecule has 0 radical (unpaired) electrons. The van der Waals surface area contributed by atoms with Gasteiger partial charge in [0.15, 0.2) is 6.23 Å². The SMILES string of the molecule is OC[C@H]1O[C@@H](n2ccc3c(Sc4ccc(Cl)cc4)ncnc32)[C@H](O)[C@@H]1O. The first-order valence-corrected chi connectivity index (χ1v) is 9.15. The van der Waals surface area contributed by atoms with Gasteiger partial charge in [-0.15, -0.1) is 0 Å². The van der Waals surface area contributed by atoms with E-state index in [1.54, 1.807) is 10.8 Å². The lowest BCUT2D eigenvalue weighted by atomic mass is 10.1. The van der Waals surface area contributed by atoms with Gasteiger partial charge >= 0.3 is 0 Å². The van der Waals surface area contributed by atoms with Crippen LogP contribution in [0.2, 0.25) is 5.02 Å². The van der Waals surface area contributed by atoms with E-state index >= 15 is 0 Å². The summed E-state index contributed by atoms with van der Waals surface area (Å²) in [6.45, 7) is -0.374. The van der Waals surface area contributed by atoms with Crippen LogP contribution >= 0.6 is 23.4 Å². The normalized spacial score (nSPS) is 25.8. The second kappa shape index (κ2) is 7.15. The van der Waals surface area contributed by atoms with Crippen molar-refractivity contribution in [1.82, 2.24) is 14.5 Å². The second-order valence-electron chi connectivity index (χ2n) is 5.92. The minimum atomic E-state index is -1.16. The smallest absolute Gasteiger partial charge is 0.164 e. The molecular weight excluding hydrogens is 378 g/mol. The first-order chi connectivity index (χ1) is 12.6. The predicted molar refractivity (Wildman–Crippen MR) is 96.1 cm³/mol. The van der Waals surface area contributed by atoms with Gasteiger partial charge in [0.25, 0.3) is 0 Å². The van der Waals surface area contributed by atoms with Crippen LogP contribution in [0.4, 0.5) is 0 Å². The molecule has 3 aromatic rings. The zero-order valence-corrected chi connectivity index (χ0v) is 15.0. The molecule has 0 amide bonds. The lowest BCUT2D eigenvalue weighted by Gasteiger charge is -2.17. The van der Waals surface area contributed by atoms with E-state index in [0.29, 0.717) is 10.7 Å². The summed E-state index contributed by atoms with van der Waals surface area (Å²) < 4.78 is 7.24. The Balaban J connectivity index is 1.68. The summed E-state index contributed by atoms with van der Waals surface area (Å²) in [5.41, 5.74) is 0.575. The monoisotopic (exact) mass is 393 g/mol. The molecule has 3 N–H and O–H groups in total. The van der Waals surface area contributed by atoms with E-state index < -0.39 is 24.5 Å². The molecule has 1 aliphatic heterocycles. The highest BCUT2D eigenvalue weighted by Crippen LogP contribution is 2.36. The molecule has 3 heterocycles. The highest BCUT2D eigenvalue weighted by Gasteiger charge is 2.43. The Hall–Kier alpha value is -1.68. The topological polar surface area (TPSA) is 101 Å². The van der Waals surface area contributed by atoms with Crippen molar-refractivity contribution < 1.29 is 20.1 Å². The Morgan fingerprint density at radius 1 is 1.12 bits per heavy atom. The predicted octanol–water partition coefficient (Wildman–Crippen LogP) is 1.85. The molecule has 0 saturated carbocycles. The molecule has 2 aromatic heterocycles. The van der Waals surface area contributed by atoms with Crippen LogP contribution in [0.15, 0.2) is 52.8 Å². The van der Waals surface area contributed by atoms with E-state index in [9.17, 15) is 15.3 Å². The molecule has 0 spiro atoms. The molecule has 1 aliphatic rings. The Bertz CT molecular complexity index is 920. The largest absolute Gasteiger partial charge is 0.394 e. The fraction of sp³-hybridized carbons (Fsp3) is 0.294. The van der Waals surface area contributed by atoms with E-state index in [4.69, 9.17) is 16.3 Å². The van der Waals surface area contributed by atoms with E-state index in [-0.39, 0.29) is 6.61 Å². The molecule has 136 valence electrons. The van der Waals surface area contributed by atoms with Gasteiger partial charge in [0.2, 0.25) is 0 Å². The molecule has 1 fully saturated rings. The highest BCUT2D eigenvalue weighted by molar-refractivity contribution is 7.99. The Morgan fingerprint density at radius 2 is 1.88 bits per heavy atom. The summed E-state index contributed by atoms with van der Waals surface area (Å²) >= 11 is 7.39. The van der Waals surface area contributed by atoms with Crippen molar-refractivity contribution in [1.29, 1.82) is 0 Å². The van der Waals surface area contributed by atoms with Crippen LogP contribution in [0.5, 0.6) is 0 Å². The Labute approximate surface area is 158 Å². The molecular formula is C17H16ClN3O4S. The third-order valence-corrected chi connectivity index (χ3v) is 5.57. The summed E-state index contributed by atoms with van der Waals surface area (Å²) in [5.74, 6) is 0. The van der Waals surface area contributed by atoms with Crippen molar-refractivity contribution in [2.75, 3.05) is 6.61 Å². The van der Waals surface area contributed by atoms with Crippen LogP contribution in [0, 0.1) is 0 Å². The summed E-state index contributed by atoms with van der Waals surface area (Å²) in [4.78, 5) is 9.62. The molecule has 4 atom stereocenters. The molecule has 0 bridgehead atoms. The van der Waals surface area contributed by atoms with Crippen LogP contribution < -0.4 is 0 Å². The zero-order valence-electron chi connectivity index (χ0n) is 13.4. The quantitative estimate of drug-likeness (QED) is 0.581. The lowest BCUT2D eigenvalue weighted by Crippen LogP contribution is -2.33. The van der Waals surface area contributed by atoms with Gasteiger partial charge in [-0.25, -0.2) is 9.97 Å². The van der Waals surface area contributed by atoms with Gasteiger partial charge in [-0.2, -0.15) is 0 Å². The van der Waals surface area contributed by atoms with Crippen molar-refractivity contribution in [3.8, 4) is 0 Å². The standard InChI is InChI=1S/C17H16ClN3O4S/c18-9-1-3-10(4-2-9)26-16-11-5-6-21(15(11)19-8-20-16)17-14(24)13(23)12(7-22)25-17/h1-6,8,12-14,17,22-24H,7H2/t12-,13-,14-,17-/m1/s1. The number of ether oxygens (including phenoxy) is 1. The van der Waals surface area contributed by atoms with E-state index in [1.807, 2.05) is 30.3 Å². The van der Waals surface area contributed by atoms with Gasteiger partial charge in [0.1, 0.15) is 35.3 Å². The number of benzene rings is 1. The van der Waals surface area contributed by atoms with Gasteiger partial charge in [0.05, 0.1) is 12.0 Å². The van der Waals surface area contributed by atoms with Crippen LogP contribution in [0.3, 0.4) is 0 Å². The average Bonchev–Trinajstić information content (AvgIpc) is 3.19. The number of hydrogen-bond acceptors (Lipinski definition) is 7. The van der Waals surface area contributed by atoms with E-state index in [0.717, 1.165) is 15.3 Å². The van der Waals surface area contributed by atoms with E-state index in [1.165, 1.54) is 18.1 Å². The maximum Gasteiger partial charge on any atom is 0.164 e. The number of aliphatic hydroxyl groups is 3. The van der Waals surface area contributed by atoms with Gasteiger partial charge in [-0.1, -0.05) is 23.4 Å². The first-order valence-electron chi connectivity index (χ1n) is 7.96. The minimum absolute atomic E-state index is 0.374. The number of fused-ring (bicyclic) bond motifs is 1. The van der Waals surface area contributed by atoms with Crippen LogP contribution in [-0.4, -0.2) is 54.8 Å². The number of halogens is 1. The van der Waals surface area contributed by atoms with Crippen molar-refractivity contribution in [3.63, 3.8) is 0 Å². The summed E-state index contributed by atoms with van der Waals surface area (Å²) in [7, 11) is 0. The number of rotatable bonds is 4. The van der Waals surface area contributed by atoms with Crippen molar-refractivity contribution in [2.45, 2.75) is 34.5 Å². The lowest BCUT2D eigenvalue weighted by molar-refractivity contribution is -0.0508. The van der Waals surface area contributed by atoms with Crippen molar-refractivity contribution in [3.05, 3.63) is 47.9 Å². The Kier molecular flexibility index (Phi) is 4.87. The van der Waals surface area contributed by atoms with Crippen LogP contribution in [0.1, 0.15) is 6.23 Å². The maximum atomic E-state index is 10.3. The van der Waals surface area contributed by atoms with Gasteiger partial charge < -0.3 is 24.6 Å². The van der Waals surface area contributed by atoms with Gasteiger partial charge in [-0.3, -0.25) is 0 Å². The third-order valence-electron chi connectivity index (χ3n) is 4.29. The molecule has 9 heteroatoms. The van der Waals surface area contributed by atoms with Gasteiger partial charge in [0, 0.05) is 16.1 Å². The zero-order chi connectivity index (χ0) is 18.3. The first kappa shape index (κ1) is 17.7. The fourth-order valence-corrected chi connectivity index (χ4v) is 3.95. The minimum Gasteiger partial charge on any atom is -0.394 e. The van der Waals surface area contributed by atoms with Crippen molar-refractivity contribution >= 4 is 34.4 Å². The van der Waals surface area contributed by atoms with Gasteiger partial charge in [-0.05, 0) is 30.3 Å². The molecule has 4 rings (SSSR count). The number of hydrogen-bond donors (Lipinski definition) is 3. The Morgan fingerprint density at radius 3 is 2.58 bits per heavy atom. The number of nitrogens with zero attached hydrogens (tertiary/aromatic N) is 3. The molecule has 0 unspecified atom stereocenters. The summed E-state index contributed by atoms with van der Waals surface area (Å²) in [6.07, 6.45) is -0.818. The van der Waals surface area contributed by atoms with Crippen molar-refractivity contribution in [2.24, 2.45) is 0 Å². The van der Waals surface area contributed by atoms with E-state index in [2.05, 4.69) is 9.97 Å². The molecule has 1 aromatic carbocycles. The maximum absolute atomic E-state index is 10.3. The highest BCUT2D eigenvalue weighted by atomic mass is 35.5. The average molecular weight is 394 g/mol. The second-order valence-corrected chi connectivity index (χ2v) is 7.42. The molecule has 0 aliphatic carbocycles. The van der Waals surface area contributed by atoms with Crippen LogP contribution in [-0.2, 0) is 4.74 Å². The number of aromatic nitrogens is 3. The summed E-state index contributed by atoms with van der Waals surface area (Å²) in [5, 5.41) is 31.7. The third kappa shape index (κ3) is 3.09. The molecule has 1 saturated heterocycles.